The normalized spacial score (nSPS) is 23.5. The Balaban J connectivity index is 3.04. The van der Waals surface area contributed by atoms with Crippen LogP contribution in [-0.4, -0.2) is 0 Å². The van der Waals surface area contributed by atoms with E-state index in [9.17, 15) is 0 Å². The third-order valence-electron chi connectivity index (χ3n) is 2.39. The lowest BCUT2D eigenvalue weighted by Gasteiger charge is -2.18. The van der Waals surface area contributed by atoms with Gasteiger partial charge in [-0.05, 0) is 31.3 Å². The average Bonchev–Trinajstić information content (AvgIpc) is 2.03. The largest absolute Gasteiger partial charge is 0.193 e. The van der Waals surface area contributed by atoms with Crippen LogP contribution in [0.2, 0.25) is 0 Å². The molecule has 0 spiro atoms. The molecule has 64 valence electrons. The highest BCUT2D eigenvalue weighted by molar-refractivity contribution is 5.43. The van der Waals surface area contributed by atoms with Crippen molar-refractivity contribution in [3.63, 3.8) is 0 Å². The van der Waals surface area contributed by atoms with Gasteiger partial charge < -0.3 is 0 Å². The van der Waals surface area contributed by atoms with Crippen molar-refractivity contribution in [3.8, 4) is 6.07 Å². The first-order valence-electron chi connectivity index (χ1n) is 4.50. The first-order chi connectivity index (χ1) is 5.69. The average molecular weight is 161 g/mol. The van der Waals surface area contributed by atoms with Gasteiger partial charge >= 0.3 is 0 Å². The highest BCUT2D eigenvalue weighted by Crippen LogP contribution is 2.29. The zero-order valence-corrected chi connectivity index (χ0v) is 8.02. The minimum Gasteiger partial charge on any atom is -0.193 e. The van der Waals surface area contributed by atoms with Crippen LogP contribution in [0.15, 0.2) is 22.8 Å². The van der Waals surface area contributed by atoms with Gasteiger partial charge in [0.1, 0.15) is 0 Å². The van der Waals surface area contributed by atoms with E-state index < -0.39 is 0 Å². The molecular weight excluding hydrogens is 146 g/mol. The second-order valence-electron chi connectivity index (χ2n) is 3.45. The van der Waals surface area contributed by atoms with Crippen molar-refractivity contribution in [2.75, 3.05) is 0 Å². The lowest BCUT2D eigenvalue weighted by atomic mass is 9.85. The minimum atomic E-state index is 0.537. The Morgan fingerprint density at radius 3 is 2.83 bits per heavy atom. The molecule has 0 fully saturated rings. The van der Waals surface area contributed by atoms with E-state index in [0.717, 1.165) is 18.4 Å². The fraction of sp³-hybridized carbons (Fsp3) is 0.545. The van der Waals surface area contributed by atoms with E-state index in [1.807, 2.05) is 0 Å². The number of nitrogens with zero attached hydrogens (tertiary/aromatic N) is 1. The van der Waals surface area contributed by atoms with E-state index in [0.29, 0.717) is 5.92 Å². The second-order valence-corrected chi connectivity index (χ2v) is 3.45. The van der Waals surface area contributed by atoms with Crippen LogP contribution in [0.3, 0.4) is 0 Å². The maximum absolute atomic E-state index is 8.89. The molecule has 0 amide bonds. The van der Waals surface area contributed by atoms with Crippen LogP contribution in [-0.2, 0) is 0 Å². The van der Waals surface area contributed by atoms with Crippen LogP contribution in [0.5, 0.6) is 0 Å². The zero-order chi connectivity index (χ0) is 9.14. The lowest BCUT2D eigenvalue weighted by molar-refractivity contribution is 0.698. The zero-order valence-electron chi connectivity index (χ0n) is 8.02. The highest BCUT2D eigenvalue weighted by atomic mass is 14.3. The fourth-order valence-corrected chi connectivity index (χ4v) is 1.87. The van der Waals surface area contributed by atoms with Crippen LogP contribution >= 0.6 is 0 Å². The number of nitriles is 1. The van der Waals surface area contributed by atoms with Crippen LogP contribution < -0.4 is 0 Å². The van der Waals surface area contributed by atoms with Crippen LogP contribution in [0.1, 0.15) is 33.6 Å². The molecule has 1 atom stereocenters. The smallest absolute Gasteiger partial charge is 0.0950 e. The summed E-state index contributed by atoms with van der Waals surface area (Å²) >= 11 is 0. The Hall–Kier alpha value is -1.03. The first-order valence-corrected chi connectivity index (χ1v) is 4.50. The summed E-state index contributed by atoms with van der Waals surface area (Å²) < 4.78 is 0. The molecule has 12 heavy (non-hydrogen) atoms. The molecule has 0 aliphatic heterocycles. The van der Waals surface area contributed by atoms with Crippen LogP contribution in [0.4, 0.5) is 0 Å². The van der Waals surface area contributed by atoms with Crippen molar-refractivity contribution in [2.24, 2.45) is 5.92 Å². The van der Waals surface area contributed by atoms with Gasteiger partial charge in [0.2, 0.25) is 0 Å². The maximum Gasteiger partial charge on any atom is 0.0950 e. The Morgan fingerprint density at radius 1 is 1.67 bits per heavy atom. The molecule has 1 aliphatic carbocycles. The van der Waals surface area contributed by atoms with Crippen molar-refractivity contribution in [1.82, 2.24) is 0 Å². The molecule has 0 bridgehead atoms. The number of rotatable bonds is 1. The van der Waals surface area contributed by atoms with E-state index in [-0.39, 0.29) is 0 Å². The summed E-state index contributed by atoms with van der Waals surface area (Å²) in [5.41, 5.74) is 3.55. The van der Waals surface area contributed by atoms with Gasteiger partial charge in [0.05, 0.1) is 6.07 Å². The molecule has 1 heteroatoms. The molecule has 1 rings (SSSR count). The molecule has 0 saturated heterocycles. The number of hydrogen-bond donors (Lipinski definition) is 0. The Morgan fingerprint density at radius 2 is 2.33 bits per heavy atom. The third-order valence-corrected chi connectivity index (χ3v) is 2.39. The molecule has 0 heterocycles. The topological polar surface area (TPSA) is 23.8 Å². The van der Waals surface area contributed by atoms with E-state index >= 15 is 0 Å². The lowest BCUT2D eigenvalue weighted by Crippen LogP contribution is -2.04. The predicted octanol–water partition coefficient (Wildman–Crippen LogP) is 3.20. The second kappa shape index (κ2) is 3.58. The summed E-state index contributed by atoms with van der Waals surface area (Å²) in [6, 6.07) is 2.30. The Bertz CT molecular complexity index is 276. The van der Waals surface area contributed by atoms with Crippen LogP contribution in [0.25, 0.3) is 0 Å². The highest BCUT2D eigenvalue weighted by Gasteiger charge is 2.15. The Kier molecular flexibility index (Phi) is 2.70. The SMILES string of the molecule is CCC1=C(C#N)CC(C)C=C1C. The fourth-order valence-electron chi connectivity index (χ4n) is 1.87. The van der Waals surface area contributed by atoms with Gasteiger partial charge in [0.15, 0.2) is 0 Å². The molecule has 0 aromatic rings. The summed E-state index contributed by atoms with van der Waals surface area (Å²) in [6.07, 6.45) is 4.18. The van der Waals surface area contributed by atoms with Crippen molar-refractivity contribution < 1.29 is 0 Å². The van der Waals surface area contributed by atoms with Gasteiger partial charge in [-0.3, -0.25) is 0 Å². The van der Waals surface area contributed by atoms with Gasteiger partial charge in [-0.15, -0.1) is 0 Å². The van der Waals surface area contributed by atoms with Crippen molar-refractivity contribution in [3.05, 3.63) is 22.8 Å². The number of allylic oxidation sites excluding steroid dienone is 4. The molecule has 0 aromatic heterocycles. The van der Waals surface area contributed by atoms with Gasteiger partial charge in [0.25, 0.3) is 0 Å². The van der Waals surface area contributed by atoms with Gasteiger partial charge in [-0.25, -0.2) is 0 Å². The van der Waals surface area contributed by atoms with E-state index in [1.165, 1.54) is 11.1 Å². The summed E-state index contributed by atoms with van der Waals surface area (Å²) in [6.45, 7) is 6.37. The van der Waals surface area contributed by atoms with E-state index in [1.54, 1.807) is 0 Å². The van der Waals surface area contributed by atoms with E-state index in [4.69, 9.17) is 5.26 Å². The van der Waals surface area contributed by atoms with Gasteiger partial charge in [-0.2, -0.15) is 5.26 Å². The summed E-state index contributed by atoms with van der Waals surface area (Å²) in [5.74, 6) is 0.537. The van der Waals surface area contributed by atoms with Crippen molar-refractivity contribution >= 4 is 0 Å². The quantitative estimate of drug-likeness (QED) is 0.579. The number of hydrogen-bond acceptors (Lipinski definition) is 1. The molecule has 1 aliphatic rings. The predicted molar refractivity (Wildman–Crippen MR) is 50.5 cm³/mol. The molecule has 0 aromatic carbocycles. The maximum atomic E-state index is 8.89. The molecule has 0 radical (unpaired) electrons. The molecule has 1 nitrogen and oxygen atoms in total. The van der Waals surface area contributed by atoms with Gasteiger partial charge in [0, 0.05) is 5.57 Å². The Labute approximate surface area is 74.4 Å². The summed E-state index contributed by atoms with van der Waals surface area (Å²) in [4.78, 5) is 0. The standard InChI is InChI=1S/C11H15N/c1-4-11-9(3)5-8(2)6-10(11)7-12/h5,8H,4,6H2,1-3H3. The summed E-state index contributed by atoms with van der Waals surface area (Å²) in [5, 5.41) is 8.89. The summed E-state index contributed by atoms with van der Waals surface area (Å²) in [7, 11) is 0. The molecular formula is C11H15N. The monoisotopic (exact) mass is 161 g/mol. The van der Waals surface area contributed by atoms with Gasteiger partial charge in [-0.1, -0.05) is 25.5 Å². The van der Waals surface area contributed by atoms with Crippen LogP contribution in [0, 0.1) is 17.2 Å². The molecule has 1 unspecified atom stereocenters. The third kappa shape index (κ3) is 1.58. The van der Waals surface area contributed by atoms with Crippen molar-refractivity contribution in [2.45, 2.75) is 33.6 Å². The minimum absolute atomic E-state index is 0.537. The van der Waals surface area contributed by atoms with E-state index in [2.05, 4.69) is 32.9 Å². The first kappa shape index (κ1) is 9.06. The van der Waals surface area contributed by atoms with Crippen molar-refractivity contribution in [1.29, 1.82) is 5.26 Å². The molecule has 0 N–H and O–H groups in total. The molecule has 0 saturated carbocycles.